The smallest absolute Gasteiger partial charge is 0.262 e. The summed E-state index contributed by atoms with van der Waals surface area (Å²) in [6.07, 6.45) is 3.24. The third-order valence-electron chi connectivity index (χ3n) is 4.00. The van der Waals surface area contributed by atoms with Crippen molar-refractivity contribution >= 4 is 10.0 Å². The summed E-state index contributed by atoms with van der Waals surface area (Å²) in [6, 6.07) is 9.17. The summed E-state index contributed by atoms with van der Waals surface area (Å²) in [5.74, 6) is 0. The third-order valence-corrected chi connectivity index (χ3v) is 5.81. The van der Waals surface area contributed by atoms with Gasteiger partial charge in [-0.1, -0.05) is 30.3 Å². The summed E-state index contributed by atoms with van der Waals surface area (Å²) >= 11 is 0. The van der Waals surface area contributed by atoms with E-state index in [4.69, 9.17) is 0 Å². The molecule has 0 aliphatic carbocycles. The molecule has 6 nitrogen and oxygen atoms in total. The summed E-state index contributed by atoms with van der Waals surface area (Å²) in [5, 5.41) is 10.2. The van der Waals surface area contributed by atoms with Crippen LogP contribution < -0.4 is 0 Å². The van der Waals surface area contributed by atoms with Crippen LogP contribution in [0.15, 0.2) is 47.9 Å². The minimum Gasteiger partial charge on any atom is -0.391 e. The van der Waals surface area contributed by atoms with Gasteiger partial charge in [-0.15, -0.1) is 0 Å². The van der Waals surface area contributed by atoms with Crippen molar-refractivity contribution in [2.45, 2.75) is 30.0 Å². The SMILES string of the molecule is Cn1cnc(S(=O)(=O)N2CC[C@@H](O)[C@H]2Cc2ccccc2)c1. The van der Waals surface area contributed by atoms with Gasteiger partial charge in [0.25, 0.3) is 10.0 Å². The van der Waals surface area contributed by atoms with Gasteiger partial charge in [0.1, 0.15) is 0 Å². The van der Waals surface area contributed by atoms with Gasteiger partial charge in [-0.05, 0) is 18.4 Å². The minimum absolute atomic E-state index is 0.0298. The van der Waals surface area contributed by atoms with Crippen LogP contribution in [0.5, 0.6) is 0 Å². The summed E-state index contributed by atoms with van der Waals surface area (Å²) in [5.41, 5.74) is 1.01. The Morgan fingerprint density at radius 3 is 2.68 bits per heavy atom. The molecule has 1 aliphatic rings. The number of nitrogens with zero attached hydrogens (tertiary/aromatic N) is 3. The highest BCUT2D eigenvalue weighted by Crippen LogP contribution is 2.27. The Bertz CT molecular complexity index is 742. The molecule has 7 heteroatoms. The fourth-order valence-electron chi connectivity index (χ4n) is 2.84. The summed E-state index contributed by atoms with van der Waals surface area (Å²) in [4.78, 5) is 3.95. The van der Waals surface area contributed by atoms with Crippen LogP contribution in [0.3, 0.4) is 0 Å². The van der Waals surface area contributed by atoms with Gasteiger partial charge in [-0.2, -0.15) is 4.31 Å². The molecule has 118 valence electrons. The number of aryl methyl sites for hydroxylation is 1. The predicted octanol–water partition coefficient (Wildman–Crippen LogP) is 0.787. The van der Waals surface area contributed by atoms with Gasteiger partial charge < -0.3 is 9.67 Å². The Balaban J connectivity index is 1.88. The van der Waals surface area contributed by atoms with Crippen LogP contribution in [0.2, 0.25) is 0 Å². The molecule has 0 radical (unpaired) electrons. The number of rotatable bonds is 4. The van der Waals surface area contributed by atoms with E-state index in [1.807, 2.05) is 30.3 Å². The molecule has 0 bridgehead atoms. The zero-order valence-corrected chi connectivity index (χ0v) is 13.1. The maximum atomic E-state index is 12.7. The number of aliphatic hydroxyl groups is 1. The van der Waals surface area contributed by atoms with Gasteiger partial charge >= 0.3 is 0 Å². The van der Waals surface area contributed by atoms with Gasteiger partial charge in [-0.25, -0.2) is 13.4 Å². The molecular weight excluding hydrogens is 302 g/mol. The molecule has 1 saturated heterocycles. The molecule has 2 atom stereocenters. The van der Waals surface area contributed by atoms with E-state index in [9.17, 15) is 13.5 Å². The van der Waals surface area contributed by atoms with E-state index in [2.05, 4.69) is 4.98 Å². The van der Waals surface area contributed by atoms with E-state index in [1.54, 1.807) is 11.6 Å². The Morgan fingerprint density at radius 2 is 2.05 bits per heavy atom. The second-order valence-electron chi connectivity index (χ2n) is 5.61. The minimum atomic E-state index is -3.68. The Morgan fingerprint density at radius 1 is 1.32 bits per heavy atom. The highest BCUT2D eigenvalue weighted by atomic mass is 32.2. The van der Waals surface area contributed by atoms with E-state index >= 15 is 0 Å². The summed E-state index contributed by atoms with van der Waals surface area (Å²) in [6.45, 7) is 0.317. The predicted molar refractivity (Wildman–Crippen MR) is 81.7 cm³/mol. The van der Waals surface area contributed by atoms with Crippen molar-refractivity contribution in [2.24, 2.45) is 7.05 Å². The molecule has 0 unspecified atom stereocenters. The van der Waals surface area contributed by atoms with Crippen molar-refractivity contribution in [3.63, 3.8) is 0 Å². The maximum Gasteiger partial charge on any atom is 0.262 e. The highest BCUT2D eigenvalue weighted by Gasteiger charge is 2.41. The Labute approximate surface area is 130 Å². The van der Waals surface area contributed by atoms with Crippen LogP contribution in [0.25, 0.3) is 0 Å². The van der Waals surface area contributed by atoms with Gasteiger partial charge in [0, 0.05) is 19.8 Å². The molecule has 22 heavy (non-hydrogen) atoms. The molecule has 0 spiro atoms. The lowest BCUT2D eigenvalue weighted by molar-refractivity contribution is 0.142. The maximum absolute atomic E-state index is 12.7. The van der Waals surface area contributed by atoms with E-state index in [0.717, 1.165) is 5.56 Å². The van der Waals surface area contributed by atoms with Crippen molar-refractivity contribution in [3.05, 3.63) is 48.4 Å². The van der Waals surface area contributed by atoms with Crippen LogP contribution in [0.4, 0.5) is 0 Å². The molecule has 1 fully saturated rings. The first-order valence-electron chi connectivity index (χ1n) is 7.20. The summed E-state index contributed by atoms with van der Waals surface area (Å²) < 4.78 is 28.5. The number of hydrogen-bond donors (Lipinski definition) is 1. The van der Waals surface area contributed by atoms with Gasteiger partial charge in [0.15, 0.2) is 5.03 Å². The van der Waals surface area contributed by atoms with Crippen molar-refractivity contribution in [2.75, 3.05) is 6.54 Å². The lowest BCUT2D eigenvalue weighted by atomic mass is 10.0. The van der Waals surface area contributed by atoms with Gasteiger partial charge in [0.05, 0.1) is 18.5 Å². The first kappa shape index (κ1) is 15.2. The lowest BCUT2D eigenvalue weighted by Crippen LogP contribution is -2.41. The summed E-state index contributed by atoms with van der Waals surface area (Å²) in [7, 11) is -1.95. The molecule has 3 rings (SSSR count). The van der Waals surface area contributed by atoms with E-state index in [1.165, 1.54) is 16.8 Å². The van der Waals surface area contributed by atoms with E-state index in [0.29, 0.717) is 19.4 Å². The number of sulfonamides is 1. The topological polar surface area (TPSA) is 75.4 Å². The van der Waals surface area contributed by atoms with Gasteiger partial charge in [0.2, 0.25) is 0 Å². The largest absolute Gasteiger partial charge is 0.391 e. The highest BCUT2D eigenvalue weighted by molar-refractivity contribution is 7.89. The monoisotopic (exact) mass is 321 g/mol. The Kier molecular flexibility index (Phi) is 4.03. The normalized spacial score (nSPS) is 23.0. The second kappa shape index (κ2) is 5.83. The third kappa shape index (κ3) is 2.79. The molecule has 0 saturated carbocycles. The molecule has 1 aromatic carbocycles. The number of aromatic nitrogens is 2. The van der Waals surface area contributed by atoms with Crippen LogP contribution in [0.1, 0.15) is 12.0 Å². The Hall–Kier alpha value is -1.70. The van der Waals surface area contributed by atoms with Gasteiger partial charge in [-0.3, -0.25) is 0 Å². The quantitative estimate of drug-likeness (QED) is 0.903. The first-order chi connectivity index (χ1) is 10.5. The fraction of sp³-hybridized carbons (Fsp3) is 0.400. The van der Waals surface area contributed by atoms with Crippen LogP contribution in [-0.4, -0.2) is 46.1 Å². The van der Waals surface area contributed by atoms with Crippen LogP contribution in [-0.2, 0) is 23.5 Å². The fourth-order valence-corrected chi connectivity index (χ4v) is 4.48. The zero-order chi connectivity index (χ0) is 15.7. The molecular formula is C15H19N3O3S. The zero-order valence-electron chi connectivity index (χ0n) is 12.3. The molecule has 1 aromatic heterocycles. The van der Waals surface area contributed by atoms with E-state index < -0.39 is 22.2 Å². The van der Waals surface area contributed by atoms with Crippen molar-refractivity contribution in [3.8, 4) is 0 Å². The van der Waals surface area contributed by atoms with Crippen molar-refractivity contribution in [1.82, 2.24) is 13.9 Å². The van der Waals surface area contributed by atoms with Crippen LogP contribution >= 0.6 is 0 Å². The van der Waals surface area contributed by atoms with Crippen molar-refractivity contribution in [1.29, 1.82) is 0 Å². The van der Waals surface area contributed by atoms with Crippen LogP contribution in [0, 0.1) is 0 Å². The number of benzene rings is 1. The average Bonchev–Trinajstić information content (AvgIpc) is 3.08. The lowest BCUT2D eigenvalue weighted by Gasteiger charge is -2.25. The first-order valence-corrected chi connectivity index (χ1v) is 8.64. The van der Waals surface area contributed by atoms with Crippen molar-refractivity contribution < 1.29 is 13.5 Å². The van der Waals surface area contributed by atoms with E-state index in [-0.39, 0.29) is 5.03 Å². The number of imidazole rings is 1. The average molecular weight is 321 g/mol. The molecule has 1 aliphatic heterocycles. The standard InChI is InChI=1S/C15H19N3O3S/c1-17-10-15(16-11-17)22(20,21)18-8-7-14(19)13(18)9-12-5-3-2-4-6-12/h2-6,10-11,13-14,19H,7-9H2,1H3/t13-,14-/m1/s1. The molecule has 2 heterocycles. The number of aliphatic hydroxyl groups excluding tert-OH is 1. The molecule has 0 amide bonds. The molecule has 2 aromatic rings. The second-order valence-corrected chi connectivity index (χ2v) is 7.44. The number of hydrogen-bond acceptors (Lipinski definition) is 4. The molecule has 1 N–H and O–H groups in total.